The van der Waals surface area contributed by atoms with Crippen LogP contribution in [0.25, 0.3) is 0 Å². The van der Waals surface area contributed by atoms with E-state index in [0.29, 0.717) is 5.01 Å². The Balaban J connectivity index is 2.26. The van der Waals surface area contributed by atoms with Gasteiger partial charge < -0.3 is 0 Å². The normalized spacial score (nSPS) is 15.9. The first-order chi connectivity index (χ1) is 8.40. The maximum atomic E-state index is 11.9. The van der Waals surface area contributed by atoms with Crippen molar-refractivity contribution in [2.45, 2.75) is 4.90 Å². The molecule has 96 valence electrons. The lowest BCUT2D eigenvalue weighted by molar-refractivity contribution is -0.118. The van der Waals surface area contributed by atoms with Gasteiger partial charge in [-0.1, -0.05) is 23.7 Å². The van der Waals surface area contributed by atoms with Gasteiger partial charge in [0, 0.05) is 0 Å². The standard InChI is InChI=1S/C9H8ClN3O4S/c10-6-3-1-2-4-7(6)18(16,17)12-13-5-8(14)11-9(13)15/h1-4,12H,5H2,(H,11,14,15). The second-order valence-corrected chi connectivity index (χ2v) is 5.50. The van der Waals surface area contributed by atoms with Gasteiger partial charge in [0.15, 0.2) is 0 Å². The highest BCUT2D eigenvalue weighted by molar-refractivity contribution is 7.89. The number of benzene rings is 1. The Morgan fingerprint density at radius 2 is 1.94 bits per heavy atom. The number of hydrazine groups is 1. The highest BCUT2D eigenvalue weighted by Crippen LogP contribution is 2.20. The number of carbonyl (C=O) groups excluding carboxylic acids is 2. The van der Waals surface area contributed by atoms with Crippen LogP contribution in [0, 0.1) is 0 Å². The molecule has 0 atom stereocenters. The molecule has 1 aromatic rings. The zero-order valence-corrected chi connectivity index (χ0v) is 10.5. The van der Waals surface area contributed by atoms with Crippen LogP contribution in [0.2, 0.25) is 5.02 Å². The van der Waals surface area contributed by atoms with Gasteiger partial charge in [-0.15, -0.1) is 4.83 Å². The van der Waals surface area contributed by atoms with Crippen LogP contribution in [-0.4, -0.2) is 31.9 Å². The number of rotatable bonds is 3. The van der Waals surface area contributed by atoms with E-state index < -0.39 is 22.0 Å². The molecule has 7 nitrogen and oxygen atoms in total. The van der Waals surface area contributed by atoms with Crippen molar-refractivity contribution < 1.29 is 18.0 Å². The molecule has 1 fully saturated rings. The molecule has 1 heterocycles. The largest absolute Gasteiger partial charge is 0.339 e. The van der Waals surface area contributed by atoms with E-state index in [2.05, 4.69) is 0 Å². The summed E-state index contributed by atoms with van der Waals surface area (Å²) in [6.07, 6.45) is 0. The second kappa shape index (κ2) is 4.56. The minimum Gasteiger partial charge on any atom is -0.275 e. The average molecular weight is 290 g/mol. The average Bonchev–Trinajstić information content (AvgIpc) is 2.57. The number of amides is 3. The van der Waals surface area contributed by atoms with Crippen molar-refractivity contribution in [2.24, 2.45) is 0 Å². The molecule has 2 N–H and O–H groups in total. The maximum Gasteiger partial charge on any atom is 0.339 e. The second-order valence-electron chi connectivity index (χ2n) is 3.46. The monoisotopic (exact) mass is 289 g/mol. The molecule has 1 aliphatic heterocycles. The minimum atomic E-state index is -4.00. The molecule has 1 saturated heterocycles. The highest BCUT2D eigenvalue weighted by atomic mass is 35.5. The lowest BCUT2D eigenvalue weighted by Crippen LogP contribution is -2.44. The number of nitrogens with zero attached hydrogens (tertiary/aromatic N) is 1. The summed E-state index contributed by atoms with van der Waals surface area (Å²) in [5.41, 5.74) is 0. The zero-order chi connectivity index (χ0) is 13.3. The summed E-state index contributed by atoms with van der Waals surface area (Å²) in [5, 5.41) is 2.64. The fourth-order valence-electron chi connectivity index (χ4n) is 1.37. The van der Waals surface area contributed by atoms with E-state index in [1.807, 2.05) is 10.1 Å². The number of urea groups is 1. The lowest BCUT2D eigenvalue weighted by Gasteiger charge is -2.15. The molecule has 18 heavy (non-hydrogen) atoms. The molecule has 0 spiro atoms. The van der Waals surface area contributed by atoms with Crippen molar-refractivity contribution in [1.29, 1.82) is 0 Å². The SMILES string of the molecule is O=C1CN(NS(=O)(=O)c2ccccc2Cl)C(=O)N1. The molecule has 2 rings (SSSR count). The van der Waals surface area contributed by atoms with E-state index in [4.69, 9.17) is 11.6 Å². The van der Waals surface area contributed by atoms with Crippen molar-refractivity contribution in [1.82, 2.24) is 15.2 Å². The Morgan fingerprint density at radius 1 is 1.28 bits per heavy atom. The summed E-state index contributed by atoms with van der Waals surface area (Å²) >= 11 is 5.75. The van der Waals surface area contributed by atoms with Crippen LogP contribution in [0.1, 0.15) is 0 Å². The number of halogens is 1. The fourth-order valence-corrected chi connectivity index (χ4v) is 2.93. The van der Waals surface area contributed by atoms with E-state index in [-0.39, 0.29) is 16.5 Å². The molecule has 0 bridgehead atoms. The minimum absolute atomic E-state index is 0.0240. The van der Waals surface area contributed by atoms with Crippen LogP contribution < -0.4 is 10.1 Å². The van der Waals surface area contributed by atoms with Crippen LogP contribution >= 0.6 is 11.6 Å². The van der Waals surface area contributed by atoms with E-state index in [1.54, 1.807) is 6.07 Å². The van der Waals surface area contributed by atoms with Crippen LogP contribution in [0.5, 0.6) is 0 Å². The first-order valence-corrected chi connectivity index (χ1v) is 6.64. The number of imide groups is 1. The topological polar surface area (TPSA) is 95.6 Å². The van der Waals surface area contributed by atoms with Gasteiger partial charge in [0.05, 0.1) is 5.02 Å². The summed E-state index contributed by atoms with van der Waals surface area (Å²) in [5.74, 6) is -0.582. The lowest BCUT2D eigenvalue weighted by atomic mass is 10.4. The summed E-state index contributed by atoms with van der Waals surface area (Å²) < 4.78 is 23.9. The van der Waals surface area contributed by atoms with Crippen LogP contribution in [0.4, 0.5) is 4.79 Å². The number of nitrogens with one attached hydrogen (secondary N) is 2. The number of sulfonamides is 1. The van der Waals surface area contributed by atoms with Gasteiger partial charge in [-0.25, -0.2) is 18.2 Å². The van der Waals surface area contributed by atoms with Crippen molar-refractivity contribution in [3.05, 3.63) is 29.3 Å². The predicted octanol–water partition coefficient (Wildman–Crippen LogP) is 0.0851. The van der Waals surface area contributed by atoms with Crippen molar-refractivity contribution in [2.75, 3.05) is 6.54 Å². The van der Waals surface area contributed by atoms with E-state index in [0.717, 1.165) is 0 Å². The fraction of sp³-hybridized carbons (Fsp3) is 0.111. The molecule has 1 aliphatic rings. The molecule has 9 heteroatoms. The maximum absolute atomic E-state index is 11.9. The van der Waals surface area contributed by atoms with Gasteiger partial charge in [-0.2, -0.15) is 0 Å². The summed E-state index contributed by atoms with van der Waals surface area (Å²) in [6.45, 7) is -0.373. The molecular weight excluding hydrogens is 282 g/mol. The third kappa shape index (κ3) is 2.45. The quantitative estimate of drug-likeness (QED) is 0.771. The molecule has 0 unspecified atom stereocenters. The first-order valence-electron chi connectivity index (χ1n) is 4.78. The summed E-state index contributed by atoms with van der Waals surface area (Å²) in [4.78, 5) is 23.9. The first kappa shape index (κ1) is 12.8. The number of carbonyl (C=O) groups is 2. The van der Waals surface area contributed by atoms with Gasteiger partial charge in [0.1, 0.15) is 11.4 Å². The molecular formula is C9H8ClN3O4S. The highest BCUT2D eigenvalue weighted by Gasteiger charge is 2.31. The van der Waals surface area contributed by atoms with Crippen molar-refractivity contribution >= 4 is 33.6 Å². The van der Waals surface area contributed by atoms with Gasteiger partial charge in [0.25, 0.3) is 10.0 Å². The van der Waals surface area contributed by atoms with E-state index in [1.165, 1.54) is 18.2 Å². The van der Waals surface area contributed by atoms with Crippen molar-refractivity contribution in [3.63, 3.8) is 0 Å². The Morgan fingerprint density at radius 3 is 2.50 bits per heavy atom. The predicted molar refractivity (Wildman–Crippen MR) is 62.0 cm³/mol. The Hall–Kier alpha value is -1.64. The Labute approximate surface area is 108 Å². The Kier molecular flexibility index (Phi) is 3.24. The molecule has 0 radical (unpaired) electrons. The van der Waals surface area contributed by atoms with Crippen LogP contribution in [0.15, 0.2) is 29.2 Å². The van der Waals surface area contributed by atoms with Gasteiger partial charge >= 0.3 is 6.03 Å². The summed E-state index contributed by atoms with van der Waals surface area (Å²) in [6, 6.07) is 4.95. The third-order valence-corrected chi connectivity index (χ3v) is 3.99. The third-order valence-electron chi connectivity index (χ3n) is 2.15. The molecule has 0 aromatic heterocycles. The van der Waals surface area contributed by atoms with Gasteiger partial charge in [-0.3, -0.25) is 10.1 Å². The van der Waals surface area contributed by atoms with Crippen LogP contribution in [0.3, 0.4) is 0 Å². The van der Waals surface area contributed by atoms with Crippen molar-refractivity contribution in [3.8, 4) is 0 Å². The van der Waals surface area contributed by atoms with E-state index in [9.17, 15) is 18.0 Å². The van der Waals surface area contributed by atoms with E-state index >= 15 is 0 Å². The molecule has 3 amide bonds. The molecule has 0 aliphatic carbocycles. The smallest absolute Gasteiger partial charge is 0.275 e. The van der Waals surface area contributed by atoms with Crippen LogP contribution in [-0.2, 0) is 14.8 Å². The molecule has 1 aromatic carbocycles. The zero-order valence-electron chi connectivity index (χ0n) is 8.88. The number of hydrogen-bond acceptors (Lipinski definition) is 4. The molecule has 0 saturated carbocycles. The summed E-state index contributed by atoms with van der Waals surface area (Å²) in [7, 11) is -4.00. The number of hydrogen-bond donors (Lipinski definition) is 2. The van der Waals surface area contributed by atoms with Gasteiger partial charge in [0.2, 0.25) is 5.91 Å². The van der Waals surface area contributed by atoms with Gasteiger partial charge in [-0.05, 0) is 12.1 Å². The Bertz CT molecular complexity index is 616.